The highest BCUT2D eigenvalue weighted by Crippen LogP contribution is 2.12. The molecule has 1 saturated heterocycles. The highest BCUT2D eigenvalue weighted by Gasteiger charge is 2.30. The van der Waals surface area contributed by atoms with Crippen LogP contribution in [0.1, 0.15) is 13.3 Å². The van der Waals surface area contributed by atoms with Gasteiger partial charge in [-0.2, -0.15) is 10.5 Å². The van der Waals surface area contributed by atoms with E-state index in [1.165, 1.54) is 11.1 Å². The molecule has 0 aromatic carbocycles. The number of nitrogens with zero attached hydrogens (tertiary/aromatic N) is 3. The molecule has 0 aromatic heterocycles. The van der Waals surface area contributed by atoms with E-state index < -0.39 is 12.0 Å². The van der Waals surface area contributed by atoms with Gasteiger partial charge in [0.05, 0.1) is 13.0 Å². The zero-order valence-corrected chi connectivity index (χ0v) is 10.5. The van der Waals surface area contributed by atoms with Crippen molar-refractivity contribution in [3.05, 3.63) is 11.8 Å². The Labute approximate surface area is 111 Å². The third-order valence-electron chi connectivity index (χ3n) is 2.57. The van der Waals surface area contributed by atoms with Crippen LogP contribution < -0.4 is 5.32 Å². The van der Waals surface area contributed by atoms with Crippen molar-refractivity contribution in [1.82, 2.24) is 10.2 Å². The quantitative estimate of drug-likeness (QED) is 0.549. The number of amides is 1. The van der Waals surface area contributed by atoms with Crippen molar-refractivity contribution in [1.29, 1.82) is 10.5 Å². The maximum absolute atomic E-state index is 11.7. The van der Waals surface area contributed by atoms with Gasteiger partial charge in [0, 0.05) is 19.3 Å². The molecule has 100 valence electrons. The number of piperazine rings is 1. The lowest BCUT2D eigenvalue weighted by molar-refractivity contribution is -0.147. The number of esters is 1. The predicted octanol–water partition coefficient (Wildman–Crippen LogP) is -0.329. The molecular formula is C12H14N4O3. The van der Waals surface area contributed by atoms with E-state index in [9.17, 15) is 9.59 Å². The minimum Gasteiger partial charge on any atom is -0.466 e. The molecule has 1 N–H and O–H groups in total. The lowest BCUT2D eigenvalue weighted by Gasteiger charge is -2.33. The van der Waals surface area contributed by atoms with Gasteiger partial charge in [-0.05, 0) is 6.92 Å². The standard InChI is InChI=1S/C12H14N4O3/c1-2-19-11(17)5-10-12(18)15-3-4-16(10)8-9(6-13)7-14/h8,10H,2-5H2,1H3,(H,15,18). The van der Waals surface area contributed by atoms with Crippen LogP contribution in [0.4, 0.5) is 0 Å². The molecule has 0 bridgehead atoms. The first-order valence-corrected chi connectivity index (χ1v) is 5.83. The van der Waals surface area contributed by atoms with E-state index in [-0.39, 0.29) is 24.5 Å². The second kappa shape index (κ2) is 7.02. The fourth-order valence-corrected chi connectivity index (χ4v) is 1.72. The Hall–Kier alpha value is -2.54. The first-order valence-electron chi connectivity index (χ1n) is 5.83. The smallest absolute Gasteiger partial charge is 0.308 e. The molecule has 0 aromatic rings. The fourth-order valence-electron chi connectivity index (χ4n) is 1.72. The molecule has 7 nitrogen and oxygen atoms in total. The first kappa shape index (κ1) is 14.5. The molecule has 19 heavy (non-hydrogen) atoms. The number of nitrogens with one attached hydrogen (secondary N) is 1. The van der Waals surface area contributed by atoms with Gasteiger partial charge in [0.25, 0.3) is 0 Å². The summed E-state index contributed by atoms with van der Waals surface area (Å²) in [4.78, 5) is 24.7. The second-order valence-corrected chi connectivity index (χ2v) is 3.82. The first-order chi connectivity index (χ1) is 9.12. The zero-order valence-electron chi connectivity index (χ0n) is 10.5. The van der Waals surface area contributed by atoms with E-state index in [4.69, 9.17) is 15.3 Å². The molecule has 0 saturated carbocycles. The third kappa shape index (κ3) is 4.00. The third-order valence-corrected chi connectivity index (χ3v) is 2.57. The molecule has 1 unspecified atom stereocenters. The molecule has 1 fully saturated rings. The molecule has 1 aliphatic heterocycles. The average Bonchev–Trinajstić information content (AvgIpc) is 2.39. The molecule has 0 spiro atoms. The SMILES string of the molecule is CCOC(=O)CC1C(=O)NCCN1C=C(C#N)C#N. The highest BCUT2D eigenvalue weighted by molar-refractivity contribution is 5.87. The Morgan fingerprint density at radius 2 is 2.26 bits per heavy atom. The zero-order chi connectivity index (χ0) is 14.3. The Bertz CT molecular complexity index is 456. The van der Waals surface area contributed by atoms with E-state index in [0.29, 0.717) is 13.1 Å². The van der Waals surface area contributed by atoms with Crippen LogP contribution in [-0.4, -0.2) is 42.5 Å². The lowest BCUT2D eigenvalue weighted by atomic mass is 10.1. The molecule has 0 radical (unpaired) electrons. The Kier molecular flexibility index (Phi) is 5.36. The summed E-state index contributed by atoms with van der Waals surface area (Å²) in [5.41, 5.74) is -0.108. The topological polar surface area (TPSA) is 106 Å². The normalized spacial score (nSPS) is 17.7. The average molecular weight is 262 g/mol. The van der Waals surface area contributed by atoms with Gasteiger partial charge in [-0.25, -0.2) is 0 Å². The summed E-state index contributed by atoms with van der Waals surface area (Å²) in [6.45, 7) is 2.76. The number of hydrogen-bond acceptors (Lipinski definition) is 6. The van der Waals surface area contributed by atoms with Crippen molar-refractivity contribution >= 4 is 11.9 Å². The van der Waals surface area contributed by atoms with Crippen LogP contribution in [0.2, 0.25) is 0 Å². The van der Waals surface area contributed by atoms with Gasteiger partial charge < -0.3 is 15.0 Å². The molecule has 0 aliphatic carbocycles. The Morgan fingerprint density at radius 3 is 2.84 bits per heavy atom. The summed E-state index contributed by atoms with van der Waals surface area (Å²) in [6.07, 6.45) is 1.20. The van der Waals surface area contributed by atoms with Crippen LogP contribution in [0.5, 0.6) is 0 Å². The van der Waals surface area contributed by atoms with Gasteiger partial charge >= 0.3 is 5.97 Å². The summed E-state index contributed by atoms with van der Waals surface area (Å²) in [5, 5.41) is 20.1. The van der Waals surface area contributed by atoms with Gasteiger partial charge in [-0.3, -0.25) is 9.59 Å². The van der Waals surface area contributed by atoms with Crippen LogP contribution in [0.25, 0.3) is 0 Å². The highest BCUT2D eigenvalue weighted by atomic mass is 16.5. The number of ether oxygens (including phenoxy) is 1. The van der Waals surface area contributed by atoms with E-state index >= 15 is 0 Å². The van der Waals surface area contributed by atoms with Crippen LogP contribution in [-0.2, 0) is 14.3 Å². The molecule has 1 atom stereocenters. The fraction of sp³-hybridized carbons (Fsp3) is 0.500. The van der Waals surface area contributed by atoms with Crippen LogP contribution in [0.3, 0.4) is 0 Å². The van der Waals surface area contributed by atoms with Crippen molar-refractivity contribution in [2.75, 3.05) is 19.7 Å². The van der Waals surface area contributed by atoms with Gasteiger partial charge in [0.2, 0.25) is 5.91 Å². The number of rotatable bonds is 4. The molecule has 1 heterocycles. The Balaban J connectivity index is 2.85. The molecular weight excluding hydrogens is 248 g/mol. The summed E-state index contributed by atoms with van der Waals surface area (Å²) in [6, 6.07) is 2.70. The van der Waals surface area contributed by atoms with Crippen molar-refractivity contribution in [3.8, 4) is 12.1 Å². The summed E-state index contributed by atoms with van der Waals surface area (Å²) < 4.78 is 4.80. The molecule has 7 heteroatoms. The Morgan fingerprint density at radius 1 is 1.58 bits per heavy atom. The van der Waals surface area contributed by atoms with E-state index in [1.807, 2.05) is 0 Å². The summed E-state index contributed by atoms with van der Waals surface area (Å²) >= 11 is 0. The van der Waals surface area contributed by atoms with E-state index in [1.54, 1.807) is 19.1 Å². The van der Waals surface area contributed by atoms with Crippen molar-refractivity contribution in [3.63, 3.8) is 0 Å². The van der Waals surface area contributed by atoms with E-state index in [2.05, 4.69) is 5.32 Å². The summed E-state index contributed by atoms with van der Waals surface area (Å²) in [5.74, 6) is -0.802. The molecule has 1 rings (SSSR count). The lowest BCUT2D eigenvalue weighted by Crippen LogP contribution is -2.54. The molecule has 1 aliphatic rings. The number of hydrogen-bond donors (Lipinski definition) is 1. The van der Waals surface area contributed by atoms with Crippen molar-refractivity contribution in [2.24, 2.45) is 0 Å². The number of allylic oxidation sites excluding steroid dienone is 1. The van der Waals surface area contributed by atoms with Crippen LogP contribution in [0, 0.1) is 22.7 Å². The van der Waals surface area contributed by atoms with Gasteiger partial charge in [-0.1, -0.05) is 0 Å². The van der Waals surface area contributed by atoms with Crippen LogP contribution in [0.15, 0.2) is 11.8 Å². The maximum Gasteiger partial charge on any atom is 0.308 e. The predicted molar refractivity (Wildman–Crippen MR) is 64.1 cm³/mol. The maximum atomic E-state index is 11.7. The minimum absolute atomic E-state index is 0.108. The molecule has 1 amide bonds. The van der Waals surface area contributed by atoms with Gasteiger partial charge in [0.1, 0.15) is 23.8 Å². The van der Waals surface area contributed by atoms with Crippen molar-refractivity contribution < 1.29 is 14.3 Å². The summed E-state index contributed by atoms with van der Waals surface area (Å²) in [7, 11) is 0. The van der Waals surface area contributed by atoms with Gasteiger partial charge in [-0.15, -0.1) is 0 Å². The van der Waals surface area contributed by atoms with Crippen LogP contribution >= 0.6 is 0 Å². The minimum atomic E-state index is -0.746. The number of carbonyl (C=O) groups excluding carboxylic acids is 2. The van der Waals surface area contributed by atoms with Gasteiger partial charge in [0.15, 0.2) is 0 Å². The number of nitriles is 2. The largest absolute Gasteiger partial charge is 0.466 e. The monoisotopic (exact) mass is 262 g/mol. The second-order valence-electron chi connectivity index (χ2n) is 3.82. The van der Waals surface area contributed by atoms with Crippen molar-refractivity contribution in [2.45, 2.75) is 19.4 Å². The number of carbonyl (C=O) groups is 2. The van der Waals surface area contributed by atoms with E-state index in [0.717, 1.165) is 0 Å².